The lowest BCUT2D eigenvalue weighted by molar-refractivity contribution is -0.215. The van der Waals surface area contributed by atoms with Gasteiger partial charge in [0.1, 0.15) is 12.7 Å². The standard InChI is InChI=1S/C30H43FN2O2/c1-26(2)22-10-12-29(5)23(27(22,3)17-19(18-32)24(26)34)9-8-20-21-7-6-11-30(21,14-13-28(20,29)4)25(35)33-16-15-31/h17,20-23H,6-16H2,1-5H3,(H,33,35)/t20?,21?,22?,23?,27?,28-,29?,30+/m1/s1. The maximum absolute atomic E-state index is 13.4. The van der Waals surface area contributed by atoms with Crippen molar-refractivity contribution in [2.75, 3.05) is 13.2 Å². The van der Waals surface area contributed by atoms with Crippen LogP contribution in [0.5, 0.6) is 0 Å². The van der Waals surface area contributed by atoms with E-state index in [-0.39, 0.29) is 45.8 Å². The summed E-state index contributed by atoms with van der Waals surface area (Å²) in [4.78, 5) is 26.5. The van der Waals surface area contributed by atoms with E-state index < -0.39 is 12.1 Å². The number of hydrogen-bond donors (Lipinski definition) is 1. The lowest BCUT2D eigenvalue weighted by Crippen LogP contribution is -2.66. The van der Waals surface area contributed by atoms with E-state index in [0.29, 0.717) is 23.3 Å². The average Bonchev–Trinajstić information content (AvgIpc) is 3.26. The van der Waals surface area contributed by atoms with Gasteiger partial charge in [0.15, 0.2) is 5.78 Å². The van der Waals surface area contributed by atoms with Crippen LogP contribution >= 0.6 is 0 Å². The minimum Gasteiger partial charge on any atom is -0.353 e. The summed E-state index contributed by atoms with van der Waals surface area (Å²) >= 11 is 0. The van der Waals surface area contributed by atoms with Crippen molar-refractivity contribution >= 4 is 11.7 Å². The Hall–Kier alpha value is -1.70. The van der Waals surface area contributed by atoms with Gasteiger partial charge in [0, 0.05) is 12.0 Å². The van der Waals surface area contributed by atoms with Crippen molar-refractivity contribution in [3.8, 4) is 6.07 Å². The fourth-order valence-electron chi connectivity index (χ4n) is 10.9. The maximum atomic E-state index is 13.4. The van der Waals surface area contributed by atoms with Gasteiger partial charge in [-0.15, -0.1) is 0 Å². The summed E-state index contributed by atoms with van der Waals surface area (Å²) in [5.74, 6) is 1.64. The molecule has 0 aliphatic heterocycles. The smallest absolute Gasteiger partial charge is 0.226 e. The zero-order valence-electron chi connectivity index (χ0n) is 22.3. The SMILES string of the molecule is CC1(C)C(=O)C(C#N)=CC2(C)C1CCC1(C)C2CCC2C3CCC[C@]3(C(=O)NCCF)CC[C@]21C. The van der Waals surface area contributed by atoms with E-state index in [2.05, 4.69) is 52.1 Å². The van der Waals surface area contributed by atoms with Crippen LogP contribution in [0.4, 0.5) is 4.39 Å². The highest BCUT2D eigenvalue weighted by molar-refractivity contribution is 6.04. The van der Waals surface area contributed by atoms with Gasteiger partial charge in [0.05, 0.1) is 11.0 Å². The number of rotatable bonds is 3. The van der Waals surface area contributed by atoms with Crippen LogP contribution in [0, 0.1) is 62.1 Å². The Kier molecular flexibility index (Phi) is 5.63. The lowest BCUT2D eigenvalue weighted by Gasteiger charge is -2.71. The first-order chi connectivity index (χ1) is 16.4. The molecule has 0 bridgehead atoms. The molecule has 0 heterocycles. The summed E-state index contributed by atoms with van der Waals surface area (Å²) in [6, 6.07) is 2.25. The molecule has 0 aromatic rings. The Morgan fingerprint density at radius 2 is 1.74 bits per heavy atom. The molecule has 0 radical (unpaired) electrons. The van der Waals surface area contributed by atoms with Crippen molar-refractivity contribution in [3.63, 3.8) is 0 Å². The first-order valence-electron chi connectivity index (χ1n) is 13.9. The molecule has 0 spiro atoms. The first-order valence-corrected chi connectivity index (χ1v) is 13.9. The van der Waals surface area contributed by atoms with Gasteiger partial charge in [-0.2, -0.15) is 5.26 Å². The van der Waals surface area contributed by atoms with E-state index in [0.717, 1.165) is 57.8 Å². The number of carbonyl (C=O) groups excluding carboxylic acids is 2. The van der Waals surface area contributed by atoms with Crippen LogP contribution in [-0.4, -0.2) is 24.9 Å². The van der Waals surface area contributed by atoms with Gasteiger partial charge < -0.3 is 5.32 Å². The van der Waals surface area contributed by atoms with E-state index in [9.17, 15) is 19.2 Å². The Morgan fingerprint density at radius 3 is 2.43 bits per heavy atom. The molecule has 0 aromatic carbocycles. The van der Waals surface area contributed by atoms with E-state index >= 15 is 0 Å². The zero-order valence-corrected chi connectivity index (χ0v) is 22.3. The largest absolute Gasteiger partial charge is 0.353 e. The monoisotopic (exact) mass is 482 g/mol. The zero-order chi connectivity index (χ0) is 25.4. The predicted octanol–water partition coefficient (Wildman–Crippen LogP) is 6.17. The number of hydrogen-bond acceptors (Lipinski definition) is 3. The highest BCUT2D eigenvalue weighted by Gasteiger charge is 2.70. The molecule has 192 valence electrons. The summed E-state index contributed by atoms with van der Waals surface area (Å²) in [5, 5.41) is 12.8. The highest BCUT2D eigenvalue weighted by atomic mass is 19.1. The number of alkyl halides is 1. The van der Waals surface area contributed by atoms with E-state index in [1.54, 1.807) is 0 Å². The number of Topliss-reactive ketones (excluding diaryl/α,β-unsaturated/α-hetero) is 1. The molecular weight excluding hydrogens is 439 g/mol. The Labute approximate surface area is 210 Å². The van der Waals surface area contributed by atoms with Gasteiger partial charge in [0.25, 0.3) is 0 Å². The molecule has 4 saturated carbocycles. The minimum atomic E-state index is -0.519. The number of carbonyl (C=O) groups is 2. The van der Waals surface area contributed by atoms with Crippen molar-refractivity contribution < 1.29 is 14.0 Å². The number of halogens is 1. The highest BCUT2D eigenvalue weighted by Crippen LogP contribution is 2.76. The molecule has 5 rings (SSSR count). The van der Waals surface area contributed by atoms with Gasteiger partial charge in [-0.25, -0.2) is 4.39 Å². The number of amides is 1. The van der Waals surface area contributed by atoms with Crippen LogP contribution in [0.2, 0.25) is 0 Å². The number of nitriles is 1. The maximum Gasteiger partial charge on any atom is 0.226 e. The third kappa shape index (κ3) is 3.01. The van der Waals surface area contributed by atoms with Crippen molar-refractivity contribution in [3.05, 3.63) is 11.6 Å². The third-order valence-corrected chi connectivity index (χ3v) is 12.6. The molecule has 1 N–H and O–H groups in total. The summed E-state index contributed by atoms with van der Waals surface area (Å²) in [6.45, 7) is 11.1. The molecule has 5 aliphatic carbocycles. The summed E-state index contributed by atoms with van der Waals surface area (Å²) in [5.41, 5.74) is -0.445. The topological polar surface area (TPSA) is 70.0 Å². The van der Waals surface area contributed by atoms with E-state index in [1.165, 1.54) is 0 Å². The number of ketones is 1. The van der Waals surface area contributed by atoms with Crippen molar-refractivity contribution in [1.82, 2.24) is 5.32 Å². The van der Waals surface area contributed by atoms with Gasteiger partial charge in [-0.1, -0.05) is 47.1 Å². The minimum absolute atomic E-state index is 0.0127. The quantitative estimate of drug-likeness (QED) is 0.523. The first kappa shape index (κ1) is 25.0. The molecule has 4 fully saturated rings. The van der Waals surface area contributed by atoms with Crippen molar-refractivity contribution in [1.29, 1.82) is 5.26 Å². The molecule has 6 unspecified atom stereocenters. The van der Waals surface area contributed by atoms with Crippen LogP contribution in [0.3, 0.4) is 0 Å². The average molecular weight is 483 g/mol. The van der Waals surface area contributed by atoms with Gasteiger partial charge in [0.2, 0.25) is 5.91 Å². The van der Waals surface area contributed by atoms with E-state index in [4.69, 9.17) is 0 Å². The molecule has 35 heavy (non-hydrogen) atoms. The fraction of sp³-hybridized carbons (Fsp3) is 0.833. The Bertz CT molecular complexity index is 1010. The second kappa shape index (κ2) is 7.90. The molecule has 1 amide bonds. The molecule has 8 atom stereocenters. The Morgan fingerprint density at radius 1 is 1.00 bits per heavy atom. The van der Waals surface area contributed by atoms with Gasteiger partial charge >= 0.3 is 0 Å². The molecule has 5 heteroatoms. The number of nitrogens with zero attached hydrogens (tertiary/aromatic N) is 1. The predicted molar refractivity (Wildman–Crippen MR) is 134 cm³/mol. The second-order valence-corrected chi connectivity index (χ2v) is 13.8. The van der Waals surface area contributed by atoms with Crippen LogP contribution in [0.15, 0.2) is 11.6 Å². The number of nitrogens with one attached hydrogen (secondary N) is 1. The van der Waals surface area contributed by atoms with Gasteiger partial charge in [-0.05, 0) is 91.3 Å². The van der Waals surface area contributed by atoms with Crippen LogP contribution < -0.4 is 5.32 Å². The number of fused-ring (bicyclic) bond motifs is 7. The van der Waals surface area contributed by atoms with Gasteiger partial charge in [-0.3, -0.25) is 9.59 Å². The lowest BCUT2D eigenvalue weighted by atomic mass is 9.33. The van der Waals surface area contributed by atoms with Crippen molar-refractivity contribution in [2.24, 2.45) is 50.7 Å². The second-order valence-electron chi connectivity index (χ2n) is 13.8. The summed E-state index contributed by atoms with van der Waals surface area (Å²) < 4.78 is 12.9. The molecule has 5 aliphatic rings. The molecular formula is C30H43FN2O2. The molecule has 0 saturated heterocycles. The fourth-order valence-corrected chi connectivity index (χ4v) is 10.9. The molecule has 4 nitrogen and oxygen atoms in total. The van der Waals surface area contributed by atoms with Crippen LogP contribution in [-0.2, 0) is 9.59 Å². The Balaban J connectivity index is 1.54. The van der Waals surface area contributed by atoms with Crippen LogP contribution in [0.25, 0.3) is 0 Å². The van der Waals surface area contributed by atoms with Crippen LogP contribution in [0.1, 0.15) is 92.4 Å². The third-order valence-electron chi connectivity index (χ3n) is 12.6. The summed E-state index contributed by atoms with van der Waals surface area (Å²) in [6.07, 6.45) is 11.4. The van der Waals surface area contributed by atoms with E-state index in [1.807, 2.05) is 0 Å². The number of allylic oxidation sites excluding steroid dienone is 2. The van der Waals surface area contributed by atoms with Crippen molar-refractivity contribution in [2.45, 2.75) is 92.4 Å². The normalized spacial score (nSPS) is 47.9. The molecule has 0 aromatic heterocycles. The summed E-state index contributed by atoms with van der Waals surface area (Å²) in [7, 11) is 0.